The van der Waals surface area contributed by atoms with Gasteiger partial charge < -0.3 is 5.73 Å². The molecule has 0 radical (unpaired) electrons. The van der Waals surface area contributed by atoms with E-state index in [0.29, 0.717) is 18.8 Å². The molecule has 6 heteroatoms. The van der Waals surface area contributed by atoms with Crippen LogP contribution in [0.25, 0.3) is 0 Å². The highest BCUT2D eigenvalue weighted by atomic mass is 32.2. The normalized spacial score (nSPS) is 26.5. The van der Waals surface area contributed by atoms with Gasteiger partial charge in [0, 0.05) is 0 Å². The Morgan fingerprint density at radius 3 is 2.52 bits per heavy atom. The lowest BCUT2D eigenvalue weighted by atomic mass is 9.78. The predicted molar refractivity (Wildman–Crippen MR) is 88.6 cm³/mol. The van der Waals surface area contributed by atoms with Crippen LogP contribution in [-0.2, 0) is 10.0 Å². The summed E-state index contributed by atoms with van der Waals surface area (Å²) >= 11 is 5.16. The Kier molecular flexibility index (Phi) is 4.70. The van der Waals surface area contributed by atoms with Crippen molar-refractivity contribution in [3.05, 3.63) is 29.8 Å². The van der Waals surface area contributed by atoms with Crippen molar-refractivity contribution in [1.29, 1.82) is 0 Å². The molecule has 116 valence electrons. The molecule has 0 bridgehead atoms. The maximum atomic E-state index is 12.6. The van der Waals surface area contributed by atoms with Gasteiger partial charge in [0.05, 0.1) is 15.4 Å². The molecular weight excluding hydrogens is 304 g/mol. The van der Waals surface area contributed by atoms with E-state index < -0.39 is 15.6 Å². The fourth-order valence-corrected chi connectivity index (χ4v) is 4.62. The monoisotopic (exact) mass is 326 g/mol. The summed E-state index contributed by atoms with van der Waals surface area (Å²) in [7, 11) is -3.62. The smallest absolute Gasteiger partial charge is 0.241 e. The zero-order chi connectivity index (χ0) is 15.7. The number of nitrogens with two attached hydrogens (primary N) is 1. The topological polar surface area (TPSA) is 72.2 Å². The van der Waals surface area contributed by atoms with Crippen LogP contribution >= 0.6 is 12.2 Å². The van der Waals surface area contributed by atoms with Gasteiger partial charge in [0.2, 0.25) is 10.0 Å². The molecule has 1 aromatic rings. The van der Waals surface area contributed by atoms with Gasteiger partial charge in [-0.2, -0.15) is 4.72 Å². The molecule has 0 saturated heterocycles. The molecule has 0 atom stereocenters. The molecule has 1 aliphatic carbocycles. The van der Waals surface area contributed by atoms with E-state index in [-0.39, 0.29) is 9.88 Å². The van der Waals surface area contributed by atoms with Crippen molar-refractivity contribution in [1.82, 2.24) is 4.72 Å². The highest BCUT2D eigenvalue weighted by Gasteiger charge is 2.40. The van der Waals surface area contributed by atoms with Gasteiger partial charge in [0.1, 0.15) is 0 Å². The lowest BCUT2D eigenvalue weighted by Gasteiger charge is -2.38. The molecule has 0 unspecified atom stereocenters. The summed E-state index contributed by atoms with van der Waals surface area (Å²) in [6.07, 6.45) is 3.17. The van der Waals surface area contributed by atoms with Crippen molar-refractivity contribution >= 4 is 27.2 Å². The van der Waals surface area contributed by atoms with Crippen molar-refractivity contribution < 1.29 is 8.42 Å². The van der Waals surface area contributed by atoms with Crippen LogP contribution in [-0.4, -0.2) is 18.9 Å². The van der Waals surface area contributed by atoms with Gasteiger partial charge in [-0.05, 0) is 56.2 Å². The molecule has 1 fully saturated rings. The standard InChI is InChI=1S/C15H22N2O2S2/c1-11-6-8-15(9-7-11,14(16)20)17-21(18,19)13-5-3-4-12(2)10-13/h3-5,10-11,17H,6-9H2,1-2H3,(H2,16,20). The average Bonchev–Trinajstić information content (AvgIpc) is 2.41. The van der Waals surface area contributed by atoms with Crippen molar-refractivity contribution in [2.45, 2.75) is 50.0 Å². The molecule has 1 saturated carbocycles. The molecule has 3 N–H and O–H groups in total. The molecule has 4 nitrogen and oxygen atoms in total. The molecule has 21 heavy (non-hydrogen) atoms. The van der Waals surface area contributed by atoms with Crippen molar-refractivity contribution in [3.63, 3.8) is 0 Å². The minimum atomic E-state index is -3.62. The summed E-state index contributed by atoms with van der Waals surface area (Å²) < 4.78 is 28.0. The fraction of sp³-hybridized carbons (Fsp3) is 0.533. The number of thiocarbonyl (C=S) groups is 1. The van der Waals surface area contributed by atoms with E-state index in [4.69, 9.17) is 18.0 Å². The Labute approximate surface area is 132 Å². The van der Waals surface area contributed by atoms with Gasteiger partial charge in [-0.1, -0.05) is 31.3 Å². The summed E-state index contributed by atoms with van der Waals surface area (Å²) in [5, 5.41) is 0. The largest absolute Gasteiger partial charge is 0.392 e. The van der Waals surface area contributed by atoms with Gasteiger partial charge in [0.25, 0.3) is 0 Å². The van der Waals surface area contributed by atoms with Crippen LogP contribution in [0, 0.1) is 12.8 Å². The molecule has 0 spiro atoms. The summed E-state index contributed by atoms with van der Waals surface area (Å²) in [6.45, 7) is 4.03. The number of sulfonamides is 1. The Balaban J connectivity index is 2.30. The second kappa shape index (κ2) is 6.02. The zero-order valence-electron chi connectivity index (χ0n) is 12.4. The Morgan fingerprint density at radius 2 is 2.00 bits per heavy atom. The minimum absolute atomic E-state index is 0.241. The summed E-state index contributed by atoms with van der Waals surface area (Å²) in [4.78, 5) is 0.502. The lowest BCUT2D eigenvalue weighted by Crippen LogP contribution is -2.58. The quantitative estimate of drug-likeness (QED) is 0.834. The summed E-state index contributed by atoms with van der Waals surface area (Å²) in [6, 6.07) is 6.85. The SMILES string of the molecule is Cc1cccc(S(=O)(=O)NC2(C(N)=S)CCC(C)CC2)c1. The van der Waals surface area contributed by atoms with Crippen LogP contribution in [0.1, 0.15) is 38.2 Å². The van der Waals surface area contributed by atoms with E-state index in [1.807, 2.05) is 13.0 Å². The molecule has 1 aromatic carbocycles. The fourth-order valence-electron chi connectivity index (χ4n) is 2.75. The first-order valence-electron chi connectivity index (χ1n) is 7.16. The molecule has 0 aliphatic heterocycles. The minimum Gasteiger partial charge on any atom is -0.392 e. The first kappa shape index (κ1) is 16.4. The van der Waals surface area contributed by atoms with Gasteiger partial charge in [-0.15, -0.1) is 0 Å². The second-order valence-corrected chi connectivity index (χ2v) is 8.17. The Bertz CT molecular complexity index is 633. The van der Waals surface area contributed by atoms with Crippen LogP contribution in [0.15, 0.2) is 29.2 Å². The van der Waals surface area contributed by atoms with Crippen molar-refractivity contribution in [3.8, 4) is 0 Å². The third kappa shape index (κ3) is 3.62. The van der Waals surface area contributed by atoms with E-state index >= 15 is 0 Å². The molecule has 0 amide bonds. The molecular formula is C15H22N2O2S2. The van der Waals surface area contributed by atoms with Gasteiger partial charge in [-0.25, -0.2) is 8.42 Å². The van der Waals surface area contributed by atoms with Gasteiger partial charge in [-0.3, -0.25) is 0 Å². The van der Waals surface area contributed by atoms with E-state index in [1.54, 1.807) is 18.2 Å². The predicted octanol–water partition coefficient (Wildman–Crippen LogP) is 2.51. The third-order valence-electron chi connectivity index (χ3n) is 4.23. The maximum absolute atomic E-state index is 12.6. The van der Waals surface area contributed by atoms with Crippen LogP contribution in [0.4, 0.5) is 0 Å². The number of hydrogen-bond donors (Lipinski definition) is 2. The maximum Gasteiger partial charge on any atom is 0.241 e. The number of rotatable bonds is 4. The lowest BCUT2D eigenvalue weighted by molar-refractivity contribution is 0.289. The Hall–Kier alpha value is -0.980. The molecule has 2 rings (SSSR count). The van der Waals surface area contributed by atoms with Crippen LogP contribution in [0.5, 0.6) is 0 Å². The first-order valence-corrected chi connectivity index (χ1v) is 9.05. The van der Waals surface area contributed by atoms with Gasteiger partial charge >= 0.3 is 0 Å². The van der Waals surface area contributed by atoms with Crippen molar-refractivity contribution in [2.24, 2.45) is 11.7 Å². The number of nitrogens with one attached hydrogen (secondary N) is 1. The molecule has 0 heterocycles. The third-order valence-corrected chi connectivity index (χ3v) is 6.15. The Morgan fingerprint density at radius 1 is 1.38 bits per heavy atom. The number of aryl methyl sites for hydroxylation is 1. The first-order chi connectivity index (χ1) is 9.75. The average molecular weight is 326 g/mol. The number of hydrogen-bond acceptors (Lipinski definition) is 3. The summed E-state index contributed by atoms with van der Waals surface area (Å²) in [5.74, 6) is 0.580. The zero-order valence-corrected chi connectivity index (χ0v) is 14.1. The molecule has 0 aromatic heterocycles. The van der Waals surface area contributed by atoms with E-state index in [2.05, 4.69) is 11.6 Å². The van der Waals surface area contributed by atoms with Crippen LogP contribution in [0.3, 0.4) is 0 Å². The van der Waals surface area contributed by atoms with Crippen molar-refractivity contribution in [2.75, 3.05) is 0 Å². The van der Waals surface area contributed by atoms with E-state index in [0.717, 1.165) is 18.4 Å². The van der Waals surface area contributed by atoms with E-state index in [9.17, 15) is 8.42 Å². The highest BCUT2D eigenvalue weighted by Crippen LogP contribution is 2.33. The second-order valence-electron chi connectivity index (χ2n) is 6.05. The molecule has 1 aliphatic rings. The van der Waals surface area contributed by atoms with E-state index in [1.165, 1.54) is 0 Å². The summed E-state index contributed by atoms with van der Waals surface area (Å²) in [5.41, 5.74) is 5.98. The number of benzene rings is 1. The van der Waals surface area contributed by atoms with Crippen LogP contribution in [0.2, 0.25) is 0 Å². The van der Waals surface area contributed by atoms with Gasteiger partial charge in [0.15, 0.2) is 0 Å². The highest BCUT2D eigenvalue weighted by molar-refractivity contribution is 7.89. The van der Waals surface area contributed by atoms with Crippen LogP contribution < -0.4 is 10.5 Å².